The van der Waals surface area contributed by atoms with E-state index in [4.69, 9.17) is 5.11 Å². The Bertz CT molecular complexity index is 251. The maximum absolute atomic E-state index is 11.6. The van der Waals surface area contributed by atoms with Crippen molar-refractivity contribution in [3.63, 3.8) is 0 Å². The van der Waals surface area contributed by atoms with E-state index in [0.717, 1.165) is 0 Å². The van der Waals surface area contributed by atoms with Gasteiger partial charge in [-0.2, -0.15) is 0 Å². The quantitative estimate of drug-likeness (QED) is 0.642. The van der Waals surface area contributed by atoms with Crippen molar-refractivity contribution in [2.75, 3.05) is 6.54 Å². The second-order valence-electron chi connectivity index (χ2n) is 3.83. The molecule has 1 aliphatic heterocycles. The summed E-state index contributed by atoms with van der Waals surface area (Å²) in [5, 5.41) is 18.2. The Labute approximate surface area is 82.3 Å². The number of carbonyl (C=O) groups excluding carboxylic acids is 1. The predicted molar refractivity (Wildman–Crippen MR) is 48.6 cm³/mol. The number of carbonyl (C=O) groups is 2. The van der Waals surface area contributed by atoms with Crippen molar-refractivity contribution in [1.82, 2.24) is 4.90 Å². The van der Waals surface area contributed by atoms with Crippen LogP contribution in [-0.2, 0) is 9.59 Å². The maximum Gasteiger partial charge on any atom is 0.329 e. The van der Waals surface area contributed by atoms with Gasteiger partial charge in [0.2, 0.25) is 5.91 Å². The first-order chi connectivity index (χ1) is 6.45. The van der Waals surface area contributed by atoms with Crippen molar-refractivity contribution in [2.24, 2.45) is 5.92 Å². The van der Waals surface area contributed by atoms with Crippen molar-refractivity contribution in [3.05, 3.63) is 0 Å². The summed E-state index contributed by atoms with van der Waals surface area (Å²) in [6.07, 6.45) is -0.592. The summed E-state index contributed by atoms with van der Waals surface area (Å²) < 4.78 is 0. The van der Waals surface area contributed by atoms with E-state index in [1.165, 1.54) is 4.90 Å². The molecule has 1 heterocycles. The normalized spacial score (nSPS) is 27.0. The summed E-state index contributed by atoms with van der Waals surface area (Å²) in [7, 11) is 0. The first kappa shape index (κ1) is 11.0. The average Bonchev–Trinajstić information content (AvgIpc) is 2.45. The lowest BCUT2D eigenvalue weighted by Crippen LogP contribution is -2.46. The molecule has 5 nitrogen and oxygen atoms in total. The van der Waals surface area contributed by atoms with Gasteiger partial charge in [-0.1, -0.05) is 13.8 Å². The Kier molecular flexibility index (Phi) is 3.10. The van der Waals surface area contributed by atoms with E-state index in [0.29, 0.717) is 13.0 Å². The van der Waals surface area contributed by atoms with Gasteiger partial charge in [0.25, 0.3) is 0 Å². The lowest BCUT2D eigenvalue weighted by Gasteiger charge is -2.24. The monoisotopic (exact) mass is 201 g/mol. The first-order valence-corrected chi connectivity index (χ1v) is 4.66. The molecular weight excluding hydrogens is 186 g/mol. The summed E-state index contributed by atoms with van der Waals surface area (Å²) in [5.74, 6) is -1.58. The summed E-state index contributed by atoms with van der Waals surface area (Å²) in [4.78, 5) is 23.6. The minimum Gasteiger partial charge on any atom is -0.480 e. The summed E-state index contributed by atoms with van der Waals surface area (Å²) >= 11 is 0. The fourth-order valence-corrected chi connectivity index (χ4v) is 1.65. The second-order valence-corrected chi connectivity index (χ2v) is 3.83. The third-order valence-electron chi connectivity index (χ3n) is 2.40. The van der Waals surface area contributed by atoms with Crippen molar-refractivity contribution >= 4 is 11.9 Å². The molecule has 14 heavy (non-hydrogen) atoms. The van der Waals surface area contributed by atoms with Crippen LogP contribution in [0.3, 0.4) is 0 Å². The lowest BCUT2D eigenvalue weighted by molar-refractivity contribution is -0.152. The van der Waals surface area contributed by atoms with Crippen LogP contribution in [0.5, 0.6) is 0 Å². The number of hydrogen-bond acceptors (Lipinski definition) is 3. The van der Waals surface area contributed by atoms with Gasteiger partial charge < -0.3 is 15.1 Å². The molecular formula is C9H15NO4. The average molecular weight is 201 g/mol. The largest absolute Gasteiger partial charge is 0.480 e. The molecule has 0 bridgehead atoms. The molecule has 2 N–H and O–H groups in total. The third kappa shape index (κ3) is 1.87. The van der Waals surface area contributed by atoms with E-state index in [-0.39, 0.29) is 11.8 Å². The molecule has 1 fully saturated rings. The molecule has 0 saturated carbocycles. The number of likely N-dealkylation sites (tertiary alicyclic amines) is 1. The van der Waals surface area contributed by atoms with Crippen LogP contribution < -0.4 is 0 Å². The molecule has 80 valence electrons. The van der Waals surface area contributed by atoms with E-state index in [2.05, 4.69) is 0 Å². The molecule has 1 aliphatic rings. The van der Waals surface area contributed by atoms with Gasteiger partial charge in [0.05, 0.1) is 6.10 Å². The summed E-state index contributed by atoms with van der Waals surface area (Å²) in [5.41, 5.74) is 0. The number of hydrogen-bond donors (Lipinski definition) is 2. The molecule has 1 rings (SSSR count). The minimum atomic E-state index is -1.14. The highest BCUT2D eigenvalue weighted by Gasteiger charge is 2.41. The highest BCUT2D eigenvalue weighted by atomic mass is 16.4. The summed E-state index contributed by atoms with van der Waals surface area (Å²) in [6.45, 7) is 3.76. The van der Waals surface area contributed by atoms with Gasteiger partial charge in [-0.15, -0.1) is 0 Å². The number of carboxylic acids is 1. The predicted octanol–water partition coefficient (Wildman–Crippen LogP) is -0.311. The number of nitrogens with zero attached hydrogens (tertiary/aromatic N) is 1. The molecule has 1 unspecified atom stereocenters. The van der Waals surface area contributed by atoms with Crippen molar-refractivity contribution in [2.45, 2.75) is 32.4 Å². The van der Waals surface area contributed by atoms with E-state index < -0.39 is 18.1 Å². The number of aliphatic hydroxyl groups is 1. The van der Waals surface area contributed by atoms with Gasteiger partial charge in [-0.25, -0.2) is 4.79 Å². The number of aliphatic carboxylic acids is 1. The number of rotatable bonds is 2. The molecule has 2 atom stereocenters. The van der Waals surface area contributed by atoms with Crippen LogP contribution in [0.25, 0.3) is 0 Å². The summed E-state index contributed by atoms with van der Waals surface area (Å²) in [6, 6.07) is -1.06. The van der Waals surface area contributed by atoms with Gasteiger partial charge >= 0.3 is 5.97 Å². The number of carboxylic acid groups (broad SMARTS) is 1. The molecule has 0 aromatic carbocycles. The van der Waals surface area contributed by atoms with E-state index in [9.17, 15) is 14.7 Å². The van der Waals surface area contributed by atoms with Crippen molar-refractivity contribution in [1.29, 1.82) is 0 Å². The lowest BCUT2D eigenvalue weighted by atomic mass is 10.1. The molecule has 5 heteroatoms. The van der Waals surface area contributed by atoms with Crippen LogP contribution >= 0.6 is 0 Å². The Balaban J connectivity index is 2.79. The molecule has 1 amide bonds. The van der Waals surface area contributed by atoms with Crippen molar-refractivity contribution in [3.8, 4) is 0 Å². The minimum absolute atomic E-state index is 0.214. The van der Waals surface area contributed by atoms with Gasteiger partial charge in [-0.05, 0) is 6.42 Å². The standard InChI is InChI=1S/C9H15NO4/c1-5(2)8(12)10-4-3-6(11)7(10)9(13)14/h5-7,11H,3-4H2,1-2H3,(H,13,14)/t6?,7-/m1/s1. The third-order valence-corrected chi connectivity index (χ3v) is 2.40. The zero-order chi connectivity index (χ0) is 10.9. The SMILES string of the molecule is CC(C)C(=O)N1CCC(O)[C@@H]1C(=O)O. The Morgan fingerprint density at radius 2 is 2.00 bits per heavy atom. The van der Waals surface area contributed by atoms with Crippen LogP contribution in [0.1, 0.15) is 20.3 Å². The Morgan fingerprint density at radius 1 is 1.43 bits per heavy atom. The van der Waals surface area contributed by atoms with Gasteiger partial charge in [-0.3, -0.25) is 4.79 Å². The number of aliphatic hydroxyl groups excluding tert-OH is 1. The van der Waals surface area contributed by atoms with Crippen LogP contribution in [0.15, 0.2) is 0 Å². The van der Waals surface area contributed by atoms with Gasteiger partial charge in [0.15, 0.2) is 6.04 Å². The van der Waals surface area contributed by atoms with E-state index >= 15 is 0 Å². The molecule has 0 spiro atoms. The zero-order valence-corrected chi connectivity index (χ0v) is 8.30. The zero-order valence-electron chi connectivity index (χ0n) is 8.30. The second kappa shape index (κ2) is 3.96. The van der Waals surface area contributed by atoms with Crippen LogP contribution in [-0.4, -0.2) is 45.7 Å². The first-order valence-electron chi connectivity index (χ1n) is 4.66. The van der Waals surface area contributed by atoms with E-state index in [1.54, 1.807) is 13.8 Å². The highest BCUT2D eigenvalue weighted by molar-refractivity contribution is 5.85. The highest BCUT2D eigenvalue weighted by Crippen LogP contribution is 2.20. The Hall–Kier alpha value is -1.10. The fourth-order valence-electron chi connectivity index (χ4n) is 1.65. The number of amides is 1. The fraction of sp³-hybridized carbons (Fsp3) is 0.778. The van der Waals surface area contributed by atoms with Gasteiger partial charge in [0.1, 0.15) is 0 Å². The van der Waals surface area contributed by atoms with Gasteiger partial charge in [0, 0.05) is 12.5 Å². The van der Waals surface area contributed by atoms with Crippen LogP contribution in [0.2, 0.25) is 0 Å². The van der Waals surface area contributed by atoms with Crippen LogP contribution in [0.4, 0.5) is 0 Å². The van der Waals surface area contributed by atoms with E-state index in [1.807, 2.05) is 0 Å². The van der Waals surface area contributed by atoms with Crippen molar-refractivity contribution < 1.29 is 19.8 Å². The maximum atomic E-state index is 11.6. The van der Waals surface area contributed by atoms with Crippen LogP contribution in [0, 0.1) is 5.92 Å². The smallest absolute Gasteiger partial charge is 0.329 e. The Morgan fingerprint density at radius 3 is 2.43 bits per heavy atom. The molecule has 0 aromatic rings. The topological polar surface area (TPSA) is 77.8 Å². The molecule has 1 saturated heterocycles. The molecule has 0 radical (unpaired) electrons. The molecule has 0 aromatic heterocycles. The molecule has 0 aliphatic carbocycles.